The van der Waals surface area contributed by atoms with E-state index in [4.69, 9.17) is 5.11 Å². The van der Waals surface area contributed by atoms with Crippen LogP contribution in [0.1, 0.15) is 31.8 Å². The van der Waals surface area contributed by atoms with Gasteiger partial charge in [0.25, 0.3) is 12.3 Å². The average molecular weight is 329 g/mol. The van der Waals surface area contributed by atoms with Crippen LogP contribution in [0.15, 0.2) is 6.07 Å². The Morgan fingerprint density at radius 1 is 1.27 bits per heavy atom. The second-order valence-corrected chi connectivity index (χ2v) is 4.18. The van der Waals surface area contributed by atoms with Gasteiger partial charge in [0.1, 0.15) is 5.82 Å². The molecule has 1 aromatic rings. The predicted molar refractivity (Wildman–Crippen MR) is 61.4 cm³/mol. The highest BCUT2D eigenvalue weighted by molar-refractivity contribution is 6.01. The zero-order valence-electron chi connectivity index (χ0n) is 10.9. The van der Waals surface area contributed by atoms with Crippen LogP contribution in [0.25, 0.3) is 0 Å². The van der Waals surface area contributed by atoms with Gasteiger partial charge in [-0.2, -0.15) is 13.2 Å². The molecule has 1 rings (SSSR count). The van der Waals surface area contributed by atoms with E-state index in [0.717, 1.165) is 6.92 Å². The summed E-state index contributed by atoms with van der Waals surface area (Å²) in [5, 5.41) is 10.3. The first kappa shape index (κ1) is 17.8. The van der Waals surface area contributed by atoms with Gasteiger partial charge in [-0.1, -0.05) is 0 Å². The predicted octanol–water partition coefficient (Wildman–Crippen LogP) is 2.85. The number of amides is 1. The number of carboxylic acid groups (broad SMARTS) is 1. The smallest absolute Gasteiger partial charge is 0.417 e. The van der Waals surface area contributed by atoms with Crippen molar-refractivity contribution < 1.29 is 41.0 Å². The largest absolute Gasteiger partial charge is 0.478 e. The number of hydrogen-bond acceptors (Lipinski definition) is 2. The van der Waals surface area contributed by atoms with Gasteiger partial charge in [0.15, 0.2) is 0 Å². The Labute approximate surface area is 119 Å². The molecule has 0 aliphatic heterocycles. The van der Waals surface area contributed by atoms with Crippen LogP contribution in [0.3, 0.4) is 0 Å². The van der Waals surface area contributed by atoms with Crippen LogP contribution in [0.2, 0.25) is 0 Å². The Balaban J connectivity index is 3.53. The van der Waals surface area contributed by atoms with E-state index in [0.29, 0.717) is 0 Å². The molecule has 0 aliphatic rings. The average Bonchev–Trinajstić information content (AvgIpc) is 2.33. The number of alkyl halides is 5. The summed E-state index contributed by atoms with van der Waals surface area (Å²) in [6.45, 7) is -0.436. The van der Waals surface area contributed by atoms with Crippen molar-refractivity contribution in [3.8, 4) is 0 Å². The molecule has 122 valence electrons. The molecular weight excluding hydrogens is 320 g/mol. The summed E-state index contributed by atoms with van der Waals surface area (Å²) >= 11 is 0. The minimum Gasteiger partial charge on any atom is -0.478 e. The van der Waals surface area contributed by atoms with E-state index in [1.807, 2.05) is 0 Å². The molecule has 0 heterocycles. The molecule has 22 heavy (non-hydrogen) atoms. The van der Waals surface area contributed by atoms with Crippen molar-refractivity contribution in [1.29, 1.82) is 0 Å². The molecule has 1 amide bonds. The molecule has 0 radical (unpaired) electrons. The number of hydrogen-bond donors (Lipinski definition) is 2. The van der Waals surface area contributed by atoms with Crippen molar-refractivity contribution in [1.82, 2.24) is 5.32 Å². The molecule has 0 aliphatic carbocycles. The molecule has 0 atom stereocenters. The maximum atomic E-state index is 13.5. The highest BCUT2D eigenvalue weighted by Gasteiger charge is 2.38. The number of benzene rings is 1. The van der Waals surface area contributed by atoms with Gasteiger partial charge in [0.2, 0.25) is 0 Å². The summed E-state index contributed by atoms with van der Waals surface area (Å²) < 4.78 is 76.1. The van der Waals surface area contributed by atoms with Crippen molar-refractivity contribution in [3.63, 3.8) is 0 Å². The fourth-order valence-electron chi connectivity index (χ4n) is 1.81. The molecule has 0 saturated carbocycles. The molecule has 0 bridgehead atoms. The van der Waals surface area contributed by atoms with Gasteiger partial charge in [0, 0.05) is 0 Å². The number of carbonyl (C=O) groups is 2. The third-order valence-electron chi connectivity index (χ3n) is 2.69. The van der Waals surface area contributed by atoms with E-state index < -0.39 is 59.1 Å². The number of aromatic carboxylic acids is 1. The quantitative estimate of drug-likeness (QED) is 0.835. The molecular formula is C12H9F6NO3. The Bertz CT molecular complexity index is 612. The summed E-state index contributed by atoms with van der Waals surface area (Å²) in [5.41, 5.74) is -4.87. The van der Waals surface area contributed by atoms with Crippen LogP contribution in [0.4, 0.5) is 26.3 Å². The monoisotopic (exact) mass is 329 g/mol. The zero-order valence-corrected chi connectivity index (χ0v) is 10.9. The first-order chi connectivity index (χ1) is 9.96. The van der Waals surface area contributed by atoms with E-state index >= 15 is 0 Å². The van der Waals surface area contributed by atoms with Crippen LogP contribution in [-0.2, 0) is 6.18 Å². The van der Waals surface area contributed by atoms with Crippen LogP contribution in [-0.4, -0.2) is 30.0 Å². The van der Waals surface area contributed by atoms with Crippen molar-refractivity contribution in [2.24, 2.45) is 0 Å². The fraction of sp³-hybridized carbons (Fsp3) is 0.333. The molecule has 0 aromatic heterocycles. The highest BCUT2D eigenvalue weighted by Crippen LogP contribution is 2.35. The van der Waals surface area contributed by atoms with Crippen LogP contribution in [0.5, 0.6) is 0 Å². The van der Waals surface area contributed by atoms with Gasteiger partial charge in [0.05, 0.1) is 23.2 Å². The lowest BCUT2D eigenvalue weighted by Gasteiger charge is -2.17. The van der Waals surface area contributed by atoms with E-state index in [-0.39, 0.29) is 6.07 Å². The molecule has 1 aromatic carbocycles. The summed E-state index contributed by atoms with van der Waals surface area (Å²) in [5.74, 6) is -5.12. The molecule has 0 unspecified atom stereocenters. The van der Waals surface area contributed by atoms with E-state index in [2.05, 4.69) is 0 Å². The molecule has 0 fully saturated rings. The lowest BCUT2D eigenvalue weighted by molar-refractivity contribution is -0.138. The molecule has 4 nitrogen and oxygen atoms in total. The normalized spacial score (nSPS) is 11.6. The fourth-order valence-corrected chi connectivity index (χ4v) is 1.81. The van der Waals surface area contributed by atoms with E-state index in [1.54, 1.807) is 0 Å². The third kappa shape index (κ3) is 3.68. The third-order valence-corrected chi connectivity index (χ3v) is 2.69. The van der Waals surface area contributed by atoms with Gasteiger partial charge >= 0.3 is 12.1 Å². The first-order valence-electron chi connectivity index (χ1n) is 5.66. The van der Waals surface area contributed by atoms with Gasteiger partial charge in [-0.15, -0.1) is 0 Å². The van der Waals surface area contributed by atoms with Crippen LogP contribution < -0.4 is 5.32 Å². The van der Waals surface area contributed by atoms with Crippen molar-refractivity contribution in [3.05, 3.63) is 34.1 Å². The minimum atomic E-state index is -5.17. The van der Waals surface area contributed by atoms with Crippen molar-refractivity contribution in [2.75, 3.05) is 6.54 Å². The first-order valence-corrected chi connectivity index (χ1v) is 5.66. The number of carboxylic acids is 1. The molecule has 2 N–H and O–H groups in total. The number of rotatable bonds is 4. The molecule has 0 spiro atoms. The molecule has 0 saturated heterocycles. The Kier molecular flexibility index (Phi) is 5.05. The standard InChI is InChI=1S/C12H9F6NO3/c1-4-8(10(20)19-3-7(14)15)5(12(16,17)18)2-6(13)9(4)11(21)22/h2,7H,3H2,1H3,(H,19,20)(H,21,22). The van der Waals surface area contributed by atoms with Gasteiger partial charge < -0.3 is 10.4 Å². The van der Waals surface area contributed by atoms with Gasteiger partial charge in [-0.05, 0) is 18.6 Å². The summed E-state index contributed by atoms with van der Waals surface area (Å²) in [4.78, 5) is 22.5. The second-order valence-electron chi connectivity index (χ2n) is 4.18. The van der Waals surface area contributed by atoms with Gasteiger partial charge in [-0.3, -0.25) is 4.79 Å². The number of carbonyl (C=O) groups excluding carboxylic acids is 1. The van der Waals surface area contributed by atoms with Crippen molar-refractivity contribution in [2.45, 2.75) is 19.5 Å². The minimum absolute atomic E-state index is 0.145. The van der Waals surface area contributed by atoms with E-state index in [9.17, 15) is 35.9 Å². The van der Waals surface area contributed by atoms with Crippen LogP contribution >= 0.6 is 0 Å². The van der Waals surface area contributed by atoms with Crippen LogP contribution in [0, 0.1) is 12.7 Å². The Morgan fingerprint density at radius 2 is 1.82 bits per heavy atom. The van der Waals surface area contributed by atoms with Crippen molar-refractivity contribution >= 4 is 11.9 Å². The van der Waals surface area contributed by atoms with Gasteiger partial charge in [-0.25, -0.2) is 18.0 Å². The lowest BCUT2D eigenvalue weighted by Crippen LogP contribution is -2.32. The maximum absolute atomic E-state index is 13.5. The highest BCUT2D eigenvalue weighted by atomic mass is 19.4. The molecule has 10 heteroatoms. The number of halogens is 6. The summed E-state index contributed by atoms with van der Waals surface area (Å²) in [6.07, 6.45) is -8.18. The SMILES string of the molecule is Cc1c(C(=O)O)c(F)cc(C(F)(F)F)c1C(=O)NCC(F)F. The summed E-state index contributed by atoms with van der Waals surface area (Å²) in [7, 11) is 0. The topological polar surface area (TPSA) is 66.4 Å². The Morgan fingerprint density at radius 3 is 2.23 bits per heavy atom. The lowest BCUT2D eigenvalue weighted by atomic mass is 9.95. The summed E-state index contributed by atoms with van der Waals surface area (Å²) in [6, 6.07) is -0.145. The number of nitrogens with one attached hydrogen (secondary N) is 1. The zero-order chi connectivity index (χ0) is 17.2. The van der Waals surface area contributed by atoms with E-state index in [1.165, 1.54) is 5.32 Å². The second kappa shape index (κ2) is 6.24. The maximum Gasteiger partial charge on any atom is 0.417 e. The Hall–Kier alpha value is -2.26.